The largest absolute Gasteiger partial charge is 0.492 e. The summed E-state index contributed by atoms with van der Waals surface area (Å²) in [5.41, 5.74) is 9.61. The van der Waals surface area contributed by atoms with Crippen molar-refractivity contribution in [3.8, 4) is 17.6 Å². The second kappa shape index (κ2) is 11.0. The molecule has 1 heterocycles. The smallest absolute Gasteiger partial charge is 0.144 e. The lowest BCUT2D eigenvalue weighted by Gasteiger charge is -2.15. The molecule has 0 aliphatic heterocycles. The van der Waals surface area contributed by atoms with Gasteiger partial charge in [0.25, 0.3) is 0 Å². The quantitative estimate of drug-likeness (QED) is 0.229. The molecular weight excluding hydrogens is 438 g/mol. The molecule has 0 radical (unpaired) electrons. The summed E-state index contributed by atoms with van der Waals surface area (Å²) in [5.74, 6) is 1.06. The lowest BCUT2D eigenvalue weighted by atomic mass is 10.1. The number of nitrogens with one attached hydrogen (secondary N) is 1. The van der Waals surface area contributed by atoms with E-state index in [0.717, 1.165) is 5.70 Å². The number of allylic oxidation sites excluding steroid dienone is 2. The molecule has 0 atom stereocenters. The zero-order chi connectivity index (χ0) is 23.8. The molecule has 2 aromatic carbocycles. The minimum atomic E-state index is 0.248. The number of nitrogen functional groups attached to an aromatic ring is 1. The van der Waals surface area contributed by atoms with Crippen molar-refractivity contribution in [3.63, 3.8) is 0 Å². The summed E-state index contributed by atoms with van der Waals surface area (Å²) in [6.07, 6.45) is 6.61. The van der Waals surface area contributed by atoms with Crippen molar-refractivity contribution in [2.45, 2.75) is 13.8 Å². The number of nitriles is 1. The van der Waals surface area contributed by atoms with Gasteiger partial charge in [-0.25, -0.2) is 0 Å². The number of hydrogen-bond donors (Lipinski definition) is 2. The van der Waals surface area contributed by atoms with E-state index in [2.05, 4.69) is 27.9 Å². The number of ether oxygens (including phenoxy) is 2. The molecule has 0 saturated carbocycles. The van der Waals surface area contributed by atoms with E-state index in [0.29, 0.717) is 56.7 Å². The first-order valence-electron chi connectivity index (χ1n) is 10.3. The van der Waals surface area contributed by atoms with Gasteiger partial charge >= 0.3 is 0 Å². The third-order valence-corrected chi connectivity index (χ3v) is 4.90. The highest BCUT2D eigenvalue weighted by molar-refractivity contribution is 6.32. The lowest BCUT2D eigenvalue weighted by molar-refractivity contribution is 0.342. The van der Waals surface area contributed by atoms with Gasteiger partial charge in [0.15, 0.2) is 0 Å². The maximum Gasteiger partial charge on any atom is 0.144 e. The number of anilines is 3. The summed E-state index contributed by atoms with van der Waals surface area (Å²) >= 11 is 6.45. The Bertz CT molecular complexity index is 1280. The highest BCUT2D eigenvalue weighted by Gasteiger charge is 2.14. The number of aromatic nitrogens is 1. The fraction of sp³-hybridized carbons (Fsp3) is 0.160. The van der Waals surface area contributed by atoms with Crippen LogP contribution in [0.4, 0.5) is 17.1 Å². The third kappa shape index (κ3) is 5.62. The SMILES string of the molecule is C=C/C=C(COc1ccc(Nc2c(C#N)cnc3cc(OCC)c(N)cc23)cc1Cl)\N=C/C. The highest BCUT2D eigenvalue weighted by Crippen LogP contribution is 2.36. The van der Waals surface area contributed by atoms with E-state index in [4.69, 9.17) is 26.8 Å². The van der Waals surface area contributed by atoms with Gasteiger partial charge in [0, 0.05) is 29.6 Å². The van der Waals surface area contributed by atoms with Gasteiger partial charge in [-0.3, -0.25) is 9.98 Å². The summed E-state index contributed by atoms with van der Waals surface area (Å²) in [6.45, 7) is 8.12. The van der Waals surface area contributed by atoms with E-state index in [1.165, 1.54) is 6.20 Å². The minimum Gasteiger partial charge on any atom is -0.492 e. The van der Waals surface area contributed by atoms with Gasteiger partial charge in [-0.05, 0) is 44.2 Å². The predicted molar refractivity (Wildman–Crippen MR) is 135 cm³/mol. The van der Waals surface area contributed by atoms with Crippen molar-refractivity contribution >= 4 is 45.8 Å². The molecule has 168 valence electrons. The average Bonchev–Trinajstić information content (AvgIpc) is 2.80. The molecule has 0 unspecified atom stereocenters. The molecule has 3 rings (SSSR count). The number of halogens is 1. The van der Waals surface area contributed by atoms with Crippen LogP contribution in [-0.2, 0) is 0 Å². The molecule has 0 saturated heterocycles. The maximum absolute atomic E-state index is 9.62. The zero-order valence-corrected chi connectivity index (χ0v) is 19.2. The van der Waals surface area contributed by atoms with Crippen LogP contribution in [0.5, 0.6) is 11.5 Å². The second-order valence-electron chi connectivity index (χ2n) is 6.84. The molecule has 3 N–H and O–H groups in total. The summed E-state index contributed by atoms with van der Waals surface area (Å²) in [4.78, 5) is 8.61. The predicted octanol–water partition coefficient (Wildman–Crippen LogP) is 6.02. The number of fused-ring (bicyclic) bond motifs is 1. The molecule has 0 amide bonds. The number of rotatable bonds is 9. The van der Waals surface area contributed by atoms with Crippen LogP contribution in [0.3, 0.4) is 0 Å². The number of benzene rings is 2. The number of aliphatic imine (C=N–C) groups is 1. The minimum absolute atomic E-state index is 0.248. The molecule has 0 aliphatic rings. The fourth-order valence-electron chi connectivity index (χ4n) is 3.16. The standard InChI is InChI=1S/C25H24ClN5O2/c1-4-7-18(29-5-2)15-33-23-9-8-17(10-20(23)26)31-25-16(13-27)14-30-22-12-24(32-6-3)21(28)11-19(22)25/h4-5,7-12,14H,1,6,15,28H2,2-3H3,(H,30,31)/b18-7-,29-5-. The Morgan fingerprint density at radius 3 is 2.79 bits per heavy atom. The van der Waals surface area contributed by atoms with Crippen LogP contribution >= 0.6 is 11.6 Å². The summed E-state index contributed by atoms with van der Waals surface area (Å²) in [7, 11) is 0. The van der Waals surface area contributed by atoms with Gasteiger partial charge in [-0.1, -0.05) is 24.3 Å². The topological polar surface area (TPSA) is 106 Å². The average molecular weight is 462 g/mol. The molecule has 33 heavy (non-hydrogen) atoms. The van der Waals surface area contributed by atoms with E-state index < -0.39 is 0 Å². The molecule has 0 aliphatic carbocycles. The summed E-state index contributed by atoms with van der Waals surface area (Å²) in [6, 6.07) is 11.0. The summed E-state index contributed by atoms with van der Waals surface area (Å²) in [5, 5.41) is 14.0. The van der Waals surface area contributed by atoms with Gasteiger partial charge in [-0.15, -0.1) is 0 Å². The fourth-order valence-corrected chi connectivity index (χ4v) is 3.39. The van der Waals surface area contributed by atoms with Crippen LogP contribution in [-0.4, -0.2) is 24.4 Å². The first-order valence-corrected chi connectivity index (χ1v) is 10.6. The van der Waals surface area contributed by atoms with Gasteiger partial charge in [0.05, 0.1) is 39.8 Å². The van der Waals surface area contributed by atoms with Crippen LogP contribution < -0.4 is 20.5 Å². The van der Waals surface area contributed by atoms with Gasteiger partial charge in [0.2, 0.25) is 0 Å². The van der Waals surface area contributed by atoms with Crippen molar-refractivity contribution in [2.24, 2.45) is 4.99 Å². The number of pyridine rings is 1. The van der Waals surface area contributed by atoms with Crippen LogP contribution in [0.25, 0.3) is 10.9 Å². The van der Waals surface area contributed by atoms with Crippen molar-refractivity contribution in [3.05, 3.63) is 71.5 Å². The Morgan fingerprint density at radius 1 is 1.30 bits per heavy atom. The van der Waals surface area contributed by atoms with E-state index in [9.17, 15) is 5.26 Å². The Kier molecular flexibility index (Phi) is 7.90. The maximum atomic E-state index is 9.62. The van der Waals surface area contributed by atoms with Crippen LogP contribution in [0, 0.1) is 11.3 Å². The molecule has 0 fully saturated rings. The Labute approximate surface area is 197 Å². The molecule has 0 spiro atoms. The first kappa shape index (κ1) is 23.6. The van der Waals surface area contributed by atoms with Crippen LogP contribution in [0.15, 0.2) is 65.9 Å². The second-order valence-corrected chi connectivity index (χ2v) is 7.25. The number of nitrogens with zero attached hydrogens (tertiary/aromatic N) is 3. The molecule has 8 heteroatoms. The van der Waals surface area contributed by atoms with Crippen LogP contribution in [0.1, 0.15) is 19.4 Å². The van der Waals surface area contributed by atoms with E-state index in [-0.39, 0.29) is 6.61 Å². The van der Waals surface area contributed by atoms with Crippen molar-refractivity contribution in [1.29, 1.82) is 5.26 Å². The molecule has 1 aromatic heterocycles. The zero-order valence-electron chi connectivity index (χ0n) is 18.4. The molecule has 0 bridgehead atoms. The monoisotopic (exact) mass is 461 g/mol. The Morgan fingerprint density at radius 2 is 2.12 bits per heavy atom. The van der Waals surface area contributed by atoms with Gasteiger partial charge < -0.3 is 20.5 Å². The van der Waals surface area contributed by atoms with Gasteiger partial charge in [-0.2, -0.15) is 5.26 Å². The Hall–Kier alpha value is -4.02. The number of nitrogens with two attached hydrogens (primary N) is 1. The number of hydrogen-bond acceptors (Lipinski definition) is 7. The third-order valence-electron chi connectivity index (χ3n) is 4.60. The molecular formula is C25H24ClN5O2. The molecule has 7 nitrogen and oxygen atoms in total. The highest BCUT2D eigenvalue weighted by atomic mass is 35.5. The van der Waals surface area contributed by atoms with Gasteiger partial charge in [0.1, 0.15) is 24.2 Å². The molecule has 3 aromatic rings. The Balaban J connectivity index is 1.91. The van der Waals surface area contributed by atoms with E-state index in [1.807, 2.05) is 19.9 Å². The normalized spacial score (nSPS) is 11.4. The van der Waals surface area contributed by atoms with E-state index >= 15 is 0 Å². The first-order chi connectivity index (χ1) is 16.0. The van der Waals surface area contributed by atoms with Crippen molar-refractivity contribution in [2.75, 3.05) is 24.3 Å². The van der Waals surface area contributed by atoms with Crippen LogP contribution in [0.2, 0.25) is 5.02 Å². The van der Waals surface area contributed by atoms with E-state index in [1.54, 1.807) is 42.6 Å². The lowest BCUT2D eigenvalue weighted by Crippen LogP contribution is -2.02. The summed E-state index contributed by atoms with van der Waals surface area (Å²) < 4.78 is 11.4. The van der Waals surface area contributed by atoms with Crippen molar-refractivity contribution in [1.82, 2.24) is 4.98 Å². The van der Waals surface area contributed by atoms with Crippen molar-refractivity contribution < 1.29 is 9.47 Å².